The monoisotopic (exact) mass is 398 g/mol. The second kappa shape index (κ2) is 6.95. The van der Waals surface area contributed by atoms with Crippen molar-refractivity contribution in [3.63, 3.8) is 0 Å². The van der Waals surface area contributed by atoms with Crippen LogP contribution >= 0.6 is 0 Å². The summed E-state index contributed by atoms with van der Waals surface area (Å²) >= 11 is 0. The van der Waals surface area contributed by atoms with Crippen molar-refractivity contribution in [3.8, 4) is 0 Å². The van der Waals surface area contributed by atoms with E-state index in [0.717, 1.165) is 68.6 Å². The molecule has 2 nitrogen and oxygen atoms in total. The fourth-order valence-electron chi connectivity index (χ4n) is 8.07. The highest BCUT2D eigenvalue weighted by Crippen LogP contribution is 2.63. The van der Waals surface area contributed by atoms with Gasteiger partial charge in [-0.2, -0.15) is 0 Å². The zero-order valence-electron chi connectivity index (χ0n) is 18.9. The quantitative estimate of drug-likeness (QED) is 0.543. The lowest BCUT2D eigenvalue weighted by Gasteiger charge is -2.54. The first kappa shape index (κ1) is 20.3. The Morgan fingerprint density at radius 2 is 1.79 bits per heavy atom. The van der Waals surface area contributed by atoms with Crippen LogP contribution in [-0.4, -0.2) is 21.4 Å². The molecule has 0 aromatic rings. The Labute approximate surface area is 177 Å². The molecule has 2 N–H and O–H groups in total. The van der Waals surface area contributed by atoms with E-state index in [0.29, 0.717) is 11.3 Å². The maximum Gasteiger partial charge on any atom is 0.0682 e. The number of hydrogen-bond acceptors (Lipinski definition) is 2. The largest absolute Gasteiger partial charge is 0.390 e. The van der Waals surface area contributed by atoms with Crippen LogP contribution in [0.5, 0.6) is 0 Å². The van der Waals surface area contributed by atoms with Crippen molar-refractivity contribution in [1.82, 2.24) is 0 Å². The van der Waals surface area contributed by atoms with Crippen LogP contribution in [0.1, 0.15) is 97.8 Å². The van der Waals surface area contributed by atoms with Gasteiger partial charge in [0.15, 0.2) is 0 Å². The van der Waals surface area contributed by atoms with Gasteiger partial charge in [0.05, 0.1) is 11.2 Å². The Hall–Kier alpha value is -0.600. The van der Waals surface area contributed by atoms with Crippen molar-refractivity contribution in [1.29, 1.82) is 0 Å². The maximum atomic E-state index is 10.8. The molecule has 0 aliphatic heterocycles. The normalized spacial score (nSPS) is 46.1. The molecule has 1 unspecified atom stereocenters. The van der Waals surface area contributed by atoms with Gasteiger partial charge in [-0.3, -0.25) is 0 Å². The van der Waals surface area contributed by atoms with Crippen molar-refractivity contribution < 1.29 is 10.2 Å². The summed E-state index contributed by atoms with van der Waals surface area (Å²) in [6.07, 6.45) is 18.6. The molecule has 0 bridgehead atoms. The van der Waals surface area contributed by atoms with Gasteiger partial charge in [-0.05, 0) is 112 Å². The Morgan fingerprint density at radius 1 is 1.00 bits per heavy atom. The van der Waals surface area contributed by atoms with Crippen LogP contribution in [0.25, 0.3) is 0 Å². The molecule has 0 aromatic carbocycles. The van der Waals surface area contributed by atoms with Crippen LogP contribution < -0.4 is 0 Å². The second-order valence-corrected chi connectivity index (χ2v) is 11.9. The fraction of sp³-hybridized carbons (Fsp3) is 0.852. The summed E-state index contributed by atoms with van der Waals surface area (Å²) in [7, 11) is 0. The van der Waals surface area contributed by atoms with E-state index in [9.17, 15) is 10.2 Å². The third-order valence-corrected chi connectivity index (χ3v) is 10.3. The van der Waals surface area contributed by atoms with Crippen molar-refractivity contribution in [2.24, 2.45) is 35.0 Å². The first-order valence-corrected chi connectivity index (χ1v) is 12.6. The lowest BCUT2D eigenvalue weighted by molar-refractivity contribution is -0.0281. The van der Waals surface area contributed by atoms with Crippen molar-refractivity contribution in [2.45, 2.75) is 109 Å². The summed E-state index contributed by atoms with van der Waals surface area (Å²) in [6.45, 7) is 7.14. The van der Waals surface area contributed by atoms with Gasteiger partial charge in [0, 0.05) is 0 Å². The molecule has 5 rings (SSSR count). The summed E-state index contributed by atoms with van der Waals surface area (Å²) in [4.78, 5) is 0. The summed E-state index contributed by atoms with van der Waals surface area (Å²) in [5.41, 5.74) is 2.97. The molecule has 3 fully saturated rings. The molecule has 29 heavy (non-hydrogen) atoms. The van der Waals surface area contributed by atoms with E-state index in [1.165, 1.54) is 32.1 Å². The van der Waals surface area contributed by atoms with Gasteiger partial charge < -0.3 is 10.2 Å². The predicted octanol–water partition coefficient (Wildman–Crippen LogP) is 6.18. The van der Waals surface area contributed by atoms with Gasteiger partial charge in [0.1, 0.15) is 0 Å². The van der Waals surface area contributed by atoms with Crippen molar-refractivity contribution in [2.75, 3.05) is 0 Å². The highest BCUT2D eigenvalue weighted by atomic mass is 16.3. The van der Waals surface area contributed by atoms with E-state index in [1.54, 1.807) is 11.1 Å². The van der Waals surface area contributed by atoms with Crippen LogP contribution in [0.2, 0.25) is 0 Å². The number of allylic oxidation sites excluding steroid dienone is 3. The number of aliphatic hydroxyl groups is 2. The predicted molar refractivity (Wildman–Crippen MR) is 118 cm³/mol. The zero-order valence-corrected chi connectivity index (χ0v) is 18.9. The SMILES string of the molecule is CC[C@]1(O)CC[C@H]2C(=CC[C@@H]3C2CC[C@]2(C)C([C@H](C)CCC4(O)CC4)=CC[C@@H]32)C1. The molecule has 7 atom stereocenters. The van der Waals surface area contributed by atoms with Crippen LogP contribution in [-0.2, 0) is 0 Å². The molecule has 0 saturated heterocycles. The Kier molecular flexibility index (Phi) is 4.87. The molecule has 2 heteroatoms. The minimum atomic E-state index is -0.429. The van der Waals surface area contributed by atoms with Crippen molar-refractivity contribution >= 4 is 0 Å². The number of hydrogen-bond donors (Lipinski definition) is 2. The minimum absolute atomic E-state index is 0.308. The first-order valence-electron chi connectivity index (χ1n) is 12.6. The molecule has 162 valence electrons. The number of rotatable bonds is 5. The van der Waals surface area contributed by atoms with Crippen LogP contribution in [0.3, 0.4) is 0 Å². The first-order chi connectivity index (χ1) is 13.8. The Balaban J connectivity index is 1.30. The van der Waals surface area contributed by atoms with E-state index in [2.05, 4.69) is 32.9 Å². The third kappa shape index (κ3) is 3.37. The molecule has 0 spiro atoms. The van der Waals surface area contributed by atoms with Gasteiger partial charge in [0.2, 0.25) is 0 Å². The van der Waals surface area contributed by atoms with Crippen LogP contribution in [0.15, 0.2) is 23.3 Å². The summed E-state index contributed by atoms with van der Waals surface area (Å²) < 4.78 is 0. The average Bonchev–Trinajstić information content (AvgIpc) is 3.34. The van der Waals surface area contributed by atoms with Gasteiger partial charge in [-0.1, -0.05) is 44.1 Å². The van der Waals surface area contributed by atoms with Gasteiger partial charge in [-0.25, -0.2) is 0 Å². The molecular formula is C27H42O2. The smallest absolute Gasteiger partial charge is 0.0682 e. The van der Waals surface area contributed by atoms with Gasteiger partial charge in [0.25, 0.3) is 0 Å². The number of fused-ring (bicyclic) bond motifs is 5. The lowest BCUT2D eigenvalue weighted by Crippen LogP contribution is -2.47. The zero-order chi connectivity index (χ0) is 20.4. The lowest BCUT2D eigenvalue weighted by atomic mass is 9.50. The molecule has 0 heterocycles. The van der Waals surface area contributed by atoms with Gasteiger partial charge >= 0.3 is 0 Å². The summed E-state index contributed by atoms with van der Waals surface area (Å²) in [5.74, 6) is 3.87. The van der Waals surface area contributed by atoms with E-state index >= 15 is 0 Å². The minimum Gasteiger partial charge on any atom is -0.390 e. The Bertz CT molecular complexity index is 716. The highest BCUT2D eigenvalue weighted by Gasteiger charge is 2.54. The molecule has 0 aromatic heterocycles. The molecule has 0 radical (unpaired) electrons. The summed E-state index contributed by atoms with van der Waals surface area (Å²) in [5, 5.41) is 21.1. The summed E-state index contributed by atoms with van der Waals surface area (Å²) in [6, 6.07) is 0. The highest BCUT2D eigenvalue weighted by molar-refractivity contribution is 5.29. The third-order valence-electron chi connectivity index (χ3n) is 10.3. The topological polar surface area (TPSA) is 40.5 Å². The van der Waals surface area contributed by atoms with Crippen LogP contribution in [0, 0.1) is 35.0 Å². The standard InChI is InChI=1S/C27H42O2/c1-4-26(28)14-11-20-19(17-26)5-6-22-21(20)10-12-25(3)23(7-8-24(22)25)18(2)9-13-27(29)15-16-27/h5,7,18,20-22,24,28-29H,4,6,8-17H2,1-3H3/t18-,20+,21?,22-,24+,25-,26+/m1/s1. The van der Waals surface area contributed by atoms with E-state index < -0.39 is 5.60 Å². The molecule has 0 amide bonds. The fourth-order valence-corrected chi connectivity index (χ4v) is 8.07. The maximum absolute atomic E-state index is 10.8. The molecule has 5 aliphatic rings. The van der Waals surface area contributed by atoms with Gasteiger partial charge in [-0.15, -0.1) is 0 Å². The molecule has 3 saturated carbocycles. The second-order valence-electron chi connectivity index (χ2n) is 11.9. The van der Waals surface area contributed by atoms with E-state index in [1.807, 2.05) is 0 Å². The van der Waals surface area contributed by atoms with E-state index in [-0.39, 0.29) is 5.60 Å². The average molecular weight is 399 g/mol. The molecular weight excluding hydrogens is 356 g/mol. The van der Waals surface area contributed by atoms with Crippen molar-refractivity contribution in [3.05, 3.63) is 23.3 Å². The molecule has 5 aliphatic carbocycles. The van der Waals surface area contributed by atoms with E-state index in [4.69, 9.17) is 0 Å². The Morgan fingerprint density at radius 3 is 2.52 bits per heavy atom. The van der Waals surface area contributed by atoms with Crippen LogP contribution in [0.4, 0.5) is 0 Å².